The number of rotatable bonds is 3. The lowest BCUT2D eigenvalue weighted by molar-refractivity contribution is 0.894. The molecular weight excluding hydrogens is 165 g/mol. The van der Waals surface area contributed by atoms with Gasteiger partial charge in [0, 0.05) is 6.54 Å². The van der Waals surface area contributed by atoms with Gasteiger partial charge in [0.05, 0.1) is 0 Å². The molecule has 0 aromatic heterocycles. The van der Waals surface area contributed by atoms with Crippen molar-refractivity contribution in [2.24, 2.45) is 5.73 Å². The summed E-state index contributed by atoms with van der Waals surface area (Å²) < 4.78 is 0. The quantitative estimate of drug-likeness (QED) is 0.712. The van der Waals surface area contributed by atoms with Crippen LogP contribution in [0.15, 0.2) is 24.3 Å². The summed E-state index contributed by atoms with van der Waals surface area (Å²) >= 11 is 0. The molecule has 0 fully saturated rings. The van der Waals surface area contributed by atoms with E-state index in [2.05, 4.69) is 40.4 Å². The summed E-state index contributed by atoms with van der Waals surface area (Å²) in [4.78, 5) is 0. The molecule has 0 spiro atoms. The van der Waals surface area contributed by atoms with E-state index in [4.69, 9.17) is 5.73 Å². The van der Waals surface area contributed by atoms with Crippen molar-refractivity contribution in [2.75, 3.05) is 0 Å². The van der Waals surface area contributed by atoms with E-state index in [-0.39, 0.29) is 0 Å². The maximum Gasteiger partial charge on any atom is 0.0178 e. The van der Waals surface area contributed by atoms with Gasteiger partial charge in [0.15, 0.2) is 0 Å². The van der Waals surface area contributed by atoms with Crippen LogP contribution >= 0.6 is 9.24 Å². The van der Waals surface area contributed by atoms with Crippen LogP contribution in [0.1, 0.15) is 30.1 Å². The molecule has 2 N–H and O–H groups in total. The minimum absolute atomic E-state index is 0.580. The third kappa shape index (κ3) is 2.30. The Morgan fingerprint density at radius 2 is 1.92 bits per heavy atom. The molecule has 0 heterocycles. The molecule has 0 saturated heterocycles. The van der Waals surface area contributed by atoms with Crippen molar-refractivity contribution in [3.05, 3.63) is 35.4 Å². The highest BCUT2D eigenvalue weighted by atomic mass is 31.0. The molecule has 0 saturated carbocycles. The third-order valence-electron chi connectivity index (χ3n) is 2.08. The summed E-state index contributed by atoms with van der Waals surface area (Å²) in [5.74, 6) is 0. The van der Waals surface area contributed by atoms with E-state index in [1.165, 1.54) is 11.1 Å². The predicted molar refractivity (Wildman–Crippen MR) is 57.1 cm³/mol. The van der Waals surface area contributed by atoms with Gasteiger partial charge in [-0.05, 0) is 23.2 Å². The molecule has 66 valence electrons. The fourth-order valence-corrected chi connectivity index (χ4v) is 1.36. The van der Waals surface area contributed by atoms with Crippen LogP contribution in [0.4, 0.5) is 0 Å². The standard InChI is InChI=1S/C10H16NP/c1-2-10(12)9-5-3-8(7-11)4-6-9/h3-6,10H,2,7,11-12H2,1H3. The van der Waals surface area contributed by atoms with Gasteiger partial charge in [0.2, 0.25) is 0 Å². The zero-order valence-electron chi connectivity index (χ0n) is 7.46. The Labute approximate surface area is 76.6 Å². The highest BCUT2D eigenvalue weighted by molar-refractivity contribution is 7.17. The molecule has 1 aromatic carbocycles. The first-order valence-corrected chi connectivity index (χ1v) is 4.99. The molecular formula is C10H16NP. The molecule has 2 atom stereocenters. The minimum atomic E-state index is 0.580. The molecule has 0 aliphatic heterocycles. The van der Waals surface area contributed by atoms with E-state index in [0.29, 0.717) is 12.2 Å². The Hall–Kier alpha value is -0.390. The minimum Gasteiger partial charge on any atom is -0.326 e. The van der Waals surface area contributed by atoms with Crippen LogP contribution in [0.2, 0.25) is 0 Å². The van der Waals surface area contributed by atoms with E-state index in [9.17, 15) is 0 Å². The molecule has 0 aliphatic carbocycles. The summed E-state index contributed by atoms with van der Waals surface area (Å²) in [6.45, 7) is 2.82. The van der Waals surface area contributed by atoms with Crippen molar-refractivity contribution in [3.63, 3.8) is 0 Å². The topological polar surface area (TPSA) is 26.0 Å². The van der Waals surface area contributed by atoms with Gasteiger partial charge in [0.25, 0.3) is 0 Å². The molecule has 12 heavy (non-hydrogen) atoms. The number of hydrogen-bond donors (Lipinski definition) is 1. The average molecular weight is 181 g/mol. The molecule has 2 unspecified atom stereocenters. The number of benzene rings is 1. The zero-order valence-corrected chi connectivity index (χ0v) is 8.61. The first-order chi connectivity index (χ1) is 5.77. The molecule has 0 amide bonds. The van der Waals surface area contributed by atoms with Crippen molar-refractivity contribution in [2.45, 2.75) is 25.5 Å². The van der Waals surface area contributed by atoms with Gasteiger partial charge < -0.3 is 5.73 Å². The Kier molecular flexibility index (Phi) is 3.71. The predicted octanol–water partition coefficient (Wildman–Crippen LogP) is 2.47. The lowest BCUT2D eigenvalue weighted by Crippen LogP contribution is -1.96. The third-order valence-corrected chi connectivity index (χ3v) is 2.94. The summed E-state index contributed by atoms with van der Waals surface area (Å²) in [6, 6.07) is 8.51. The second-order valence-electron chi connectivity index (χ2n) is 2.96. The van der Waals surface area contributed by atoms with Crippen molar-refractivity contribution < 1.29 is 0 Å². The smallest absolute Gasteiger partial charge is 0.0178 e. The number of hydrogen-bond acceptors (Lipinski definition) is 1. The fourth-order valence-electron chi connectivity index (χ4n) is 1.14. The van der Waals surface area contributed by atoms with Gasteiger partial charge in [-0.15, -0.1) is 9.24 Å². The fraction of sp³-hybridized carbons (Fsp3) is 0.400. The Balaban J connectivity index is 2.77. The van der Waals surface area contributed by atoms with Crippen molar-refractivity contribution in [3.8, 4) is 0 Å². The van der Waals surface area contributed by atoms with Gasteiger partial charge in [-0.3, -0.25) is 0 Å². The summed E-state index contributed by atoms with van der Waals surface area (Å²) in [5.41, 5.74) is 8.66. The Morgan fingerprint density at radius 3 is 2.33 bits per heavy atom. The molecule has 0 radical (unpaired) electrons. The maximum atomic E-state index is 5.50. The van der Waals surface area contributed by atoms with Crippen LogP contribution in [-0.2, 0) is 6.54 Å². The molecule has 2 heteroatoms. The summed E-state index contributed by atoms with van der Waals surface area (Å²) in [7, 11) is 2.85. The van der Waals surface area contributed by atoms with E-state index in [0.717, 1.165) is 6.42 Å². The SMILES string of the molecule is CCC(P)c1ccc(CN)cc1. The van der Waals surface area contributed by atoms with Gasteiger partial charge in [-0.1, -0.05) is 31.2 Å². The Morgan fingerprint density at radius 1 is 1.33 bits per heavy atom. The highest BCUT2D eigenvalue weighted by Crippen LogP contribution is 2.25. The zero-order chi connectivity index (χ0) is 8.97. The van der Waals surface area contributed by atoms with Gasteiger partial charge in [-0.25, -0.2) is 0 Å². The van der Waals surface area contributed by atoms with Gasteiger partial charge in [-0.2, -0.15) is 0 Å². The van der Waals surface area contributed by atoms with Crippen LogP contribution < -0.4 is 5.73 Å². The largest absolute Gasteiger partial charge is 0.326 e. The second-order valence-corrected chi connectivity index (χ2v) is 3.77. The lowest BCUT2D eigenvalue weighted by atomic mass is 10.1. The van der Waals surface area contributed by atoms with Gasteiger partial charge in [0.1, 0.15) is 0 Å². The van der Waals surface area contributed by atoms with Crippen molar-refractivity contribution in [1.82, 2.24) is 0 Å². The maximum absolute atomic E-state index is 5.50. The lowest BCUT2D eigenvalue weighted by Gasteiger charge is -2.08. The summed E-state index contributed by atoms with van der Waals surface area (Å²) in [6.07, 6.45) is 1.16. The first kappa shape index (κ1) is 9.70. The molecule has 1 aromatic rings. The summed E-state index contributed by atoms with van der Waals surface area (Å²) in [5, 5.41) is 0. The van der Waals surface area contributed by atoms with Crippen LogP contribution in [0.5, 0.6) is 0 Å². The second kappa shape index (κ2) is 4.59. The normalized spacial score (nSPS) is 12.9. The van der Waals surface area contributed by atoms with E-state index in [1.54, 1.807) is 0 Å². The van der Waals surface area contributed by atoms with Crippen LogP contribution in [-0.4, -0.2) is 0 Å². The van der Waals surface area contributed by atoms with Crippen molar-refractivity contribution in [1.29, 1.82) is 0 Å². The highest BCUT2D eigenvalue weighted by Gasteiger charge is 2.01. The molecule has 0 aliphatic rings. The average Bonchev–Trinajstić information content (AvgIpc) is 2.17. The monoisotopic (exact) mass is 181 g/mol. The number of nitrogens with two attached hydrogens (primary N) is 1. The first-order valence-electron chi connectivity index (χ1n) is 4.32. The molecule has 1 rings (SSSR count). The van der Waals surface area contributed by atoms with Crippen LogP contribution in [0.3, 0.4) is 0 Å². The van der Waals surface area contributed by atoms with Gasteiger partial charge >= 0.3 is 0 Å². The Bertz CT molecular complexity index is 230. The van der Waals surface area contributed by atoms with E-state index >= 15 is 0 Å². The molecule has 0 bridgehead atoms. The van der Waals surface area contributed by atoms with E-state index in [1.807, 2.05) is 0 Å². The van der Waals surface area contributed by atoms with E-state index < -0.39 is 0 Å². The van der Waals surface area contributed by atoms with Crippen LogP contribution in [0, 0.1) is 0 Å². The molecule has 1 nitrogen and oxygen atoms in total. The van der Waals surface area contributed by atoms with Crippen LogP contribution in [0.25, 0.3) is 0 Å². The van der Waals surface area contributed by atoms with Crippen molar-refractivity contribution >= 4 is 9.24 Å².